The lowest BCUT2D eigenvalue weighted by Gasteiger charge is -1.84. The third-order valence-corrected chi connectivity index (χ3v) is 1.48. The number of hydrogen-bond donors (Lipinski definition) is 1. The summed E-state index contributed by atoms with van der Waals surface area (Å²) in [5, 5.41) is 8.68. The molecule has 0 aliphatic heterocycles. The third kappa shape index (κ3) is 5.62. The minimum absolute atomic E-state index is 0.311. The first-order valence-electron chi connectivity index (χ1n) is 2.52. The minimum atomic E-state index is 0.311. The Hall–Kier alpha value is -0.250. The highest BCUT2D eigenvalue weighted by Gasteiger charge is 1.78. The number of aliphatic hydroxyl groups excluding tert-OH is 1. The Balaban J connectivity index is 3.98. The second-order valence-corrected chi connectivity index (χ2v) is 2.81. The Kier molecular flexibility index (Phi) is 4.48. The van der Waals surface area contributed by atoms with E-state index in [1.54, 1.807) is 25.2 Å². The Labute approximate surface area is 68.9 Å². The first-order valence-corrected chi connectivity index (χ1v) is 3.60. The van der Waals surface area contributed by atoms with Gasteiger partial charge in [0.25, 0.3) is 0 Å². The van der Waals surface area contributed by atoms with E-state index in [4.69, 9.17) is 5.11 Å². The van der Waals surface area contributed by atoms with Gasteiger partial charge in [-0.05, 0) is 41.7 Å². The minimum Gasteiger partial charge on any atom is -0.513 e. The van der Waals surface area contributed by atoms with Crippen LogP contribution in [-0.4, -0.2) is 5.11 Å². The summed E-state index contributed by atoms with van der Waals surface area (Å²) < 4.78 is 1.01. The van der Waals surface area contributed by atoms with Crippen LogP contribution >= 0.6 is 22.6 Å². The van der Waals surface area contributed by atoms with Crippen molar-refractivity contribution >= 4 is 22.6 Å². The van der Waals surface area contributed by atoms with E-state index in [2.05, 4.69) is 29.2 Å². The van der Waals surface area contributed by atoms with Gasteiger partial charge in [0.05, 0.1) is 5.76 Å². The summed E-state index contributed by atoms with van der Waals surface area (Å²) in [6, 6.07) is 0. The van der Waals surface area contributed by atoms with Gasteiger partial charge in [-0.25, -0.2) is 0 Å². The van der Waals surface area contributed by atoms with Gasteiger partial charge in [-0.2, -0.15) is 0 Å². The molecule has 1 N–H and O–H groups in total. The van der Waals surface area contributed by atoms with Crippen LogP contribution in [0.3, 0.4) is 0 Å². The van der Waals surface area contributed by atoms with Gasteiger partial charge in [0.1, 0.15) is 0 Å². The van der Waals surface area contributed by atoms with Crippen molar-refractivity contribution in [3.63, 3.8) is 0 Å². The fourth-order valence-corrected chi connectivity index (χ4v) is 0.448. The first-order chi connectivity index (χ1) is 4.16. The van der Waals surface area contributed by atoms with Crippen LogP contribution in [0.15, 0.2) is 34.1 Å². The molecular weight excluding hydrogens is 227 g/mol. The average molecular weight is 236 g/mol. The Morgan fingerprint density at radius 3 is 2.44 bits per heavy atom. The predicted octanol–water partition coefficient (Wildman–Crippen LogP) is 2.95. The summed E-state index contributed by atoms with van der Waals surface area (Å²) in [5.74, 6) is 0.311. The summed E-state index contributed by atoms with van der Waals surface area (Å²) in [7, 11) is 0. The highest BCUT2D eigenvalue weighted by Crippen LogP contribution is 2.06. The quantitative estimate of drug-likeness (QED) is 0.444. The molecule has 0 saturated carbocycles. The molecule has 2 heteroatoms. The van der Waals surface area contributed by atoms with Crippen LogP contribution in [0.5, 0.6) is 0 Å². The molecular formula is C7H9IO. The number of allylic oxidation sites excluding steroid dienone is 5. The molecule has 0 rings (SSSR count). The van der Waals surface area contributed by atoms with E-state index in [0.29, 0.717) is 5.76 Å². The van der Waals surface area contributed by atoms with Crippen molar-refractivity contribution in [1.29, 1.82) is 0 Å². The zero-order chi connectivity index (χ0) is 7.28. The molecule has 0 atom stereocenters. The zero-order valence-electron chi connectivity index (χ0n) is 5.26. The first kappa shape index (κ1) is 8.75. The third-order valence-electron chi connectivity index (χ3n) is 0.679. The molecule has 0 heterocycles. The standard InChI is InChI=1S/C7H9IO/c1-3-7(8)5-4-6(2)9/h3-5,9H,1H2,2H3/b6-4+,7-5+. The highest BCUT2D eigenvalue weighted by atomic mass is 127. The maximum atomic E-state index is 8.68. The van der Waals surface area contributed by atoms with Crippen molar-refractivity contribution in [3.8, 4) is 0 Å². The summed E-state index contributed by atoms with van der Waals surface area (Å²) in [5.41, 5.74) is 0. The van der Waals surface area contributed by atoms with Crippen LogP contribution < -0.4 is 0 Å². The van der Waals surface area contributed by atoms with Crippen molar-refractivity contribution in [2.45, 2.75) is 6.92 Å². The Morgan fingerprint density at radius 1 is 1.56 bits per heavy atom. The zero-order valence-corrected chi connectivity index (χ0v) is 7.42. The van der Waals surface area contributed by atoms with Crippen molar-refractivity contribution in [2.75, 3.05) is 0 Å². The Morgan fingerprint density at radius 2 is 2.11 bits per heavy atom. The van der Waals surface area contributed by atoms with Gasteiger partial charge in [0.15, 0.2) is 0 Å². The molecule has 1 nitrogen and oxygen atoms in total. The number of hydrogen-bond acceptors (Lipinski definition) is 1. The molecule has 0 aromatic heterocycles. The second-order valence-electron chi connectivity index (χ2n) is 1.56. The molecule has 0 saturated heterocycles. The maximum absolute atomic E-state index is 8.68. The summed E-state index contributed by atoms with van der Waals surface area (Å²) in [6.07, 6.45) is 5.15. The van der Waals surface area contributed by atoms with Gasteiger partial charge in [0, 0.05) is 3.58 Å². The summed E-state index contributed by atoms with van der Waals surface area (Å²) in [4.78, 5) is 0. The molecule has 0 unspecified atom stereocenters. The maximum Gasteiger partial charge on any atom is 0.0892 e. The molecule has 0 fully saturated rings. The lowest BCUT2D eigenvalue weighted by molar-refractivity contribution is 0.414. The summed E-state index contributed by atoms with van der Waals surface area (Å²) in [6.45, 7) is 5.18. The van der Waals surface area contributed by atoms with Gasteiger partial charge in [0.2, 0.25) is 0 Å². The van der Waals surface area contributed by atoms with Crippen LogP contribution in [0.1, 0.15) is 6.92 Å². The molecule has 0 spiro atoms. The van der Waals surface area contributed by atoms with Crippen molar-refractivity contribution in [3.05, 3.63) is 34.1 Å². The fourth-order valence-electron chi connectivity index (χ4n) is 0.268. The van der Waals surface area contributed by atoms with E-state index in [0.717, 1.165) is 3.58 Å². The molecule has 0 aliphatic rings. The van der Waals surface area contributed by atoms with Gasteiger partial charge in [-0.3, -0.25) is 0 Å². The topological polar surface area (TPSA) is 20.2 Å². The molecule has 0 bridgehead atoms. The van der Waals surface area contributed by atoms with Gasteiger partial charge >= 0.3 is 0 Å². The summed E-state index contributed by atoms with van der Waals surface area (Å²) >= 11 is 2.13. The van der Waals surface area contributed by atoms with E-state index in [9.17, 15) is 0 Å². The van der Waals surface area contributed by atoms with Crippen molar-refractivity contribution in [2.24, 2.45) is 0 Å². The molecule has 0 radical (unpaired) electrons. The van der Waals surface area contributed by atoms with Crippen LogP contribution in [0.25, 0.3) is 0 Å². The smallest absolute Gasteiger partial charge is 0.0892 e. The number of rotatable bonds is 2. The molecule has 0 aliphatic carbocycles. The lowest BCUT2D eigenvalue weighted by atomic mass is 10.4. The number of halogens is 1. The predicted molar refractivity (Wildman–Crippen MR) is 48.7 cm³/mol. The molecule has 0 amide bonds. The van der Waals surface area contributed by atoms with Gasteiger partial charge in [-0.1, -0.05) is 12.7 Å². The second kappa shape index (κ2) is 4.61. The lowest BCUT2D eigenvalue weighted by Crippen LogP contribution is -1.66. The average Bonchev–Trinajstić information content (AvgIpc) is 1.83. The van der Waals surface area contributed by atoms with Crippen molar-refractivity contribution < 1.29 is 5.11 Å². The molecule has 0 aromatic rings. The SMILES string of the molecule is C=C/C(I)=C\C=C(/C)O. The van der Waals surface area contributed by atoms with Crippen molar-refractivity contribution in [1.82, 2.24) is 0 Å². The number of aliphatic hydroxyl groups is 1. The van der Waals surface area contributed by atoms with E-state index in [1.165, 1.54) is 0 Å². The van der Waals surface area contributed by atoms with E-state index >= 15 is 0 Å². The van der Waals surface area contributed by atoms with Crippen LogP contribution in [0.2, 0.25) is 0 Å². The van der Waals surface area contributed by atoms with E-state index in [1.807, 2.05) is 0 Å². The van der Waals surface area contributed by atoms with Gasteiger partial charge < -0.3 is 5.11 Å². The van der Waals surface area contributed by atoms with Crippen LogP contribution in [0.4, 0.5) is 0 Å². The Bertz CT molecular complexity index is 152. The van der Waals surface area contributed by atoms with E-state index < -0.39 is 0 Å². The monoisotopic (exact) mass is 236 g/mol. The normalized spacial score (nSPS) is 13.6. The van der Waals surface area contributed by atoms with E-state index in [-0.39, 0.29) is 0 Å². The fraction of sp³-hybridized carbons (Fsp3) is 0.143. The molecule has 50 valence electrons. The van der Waals surface area contributed by atoms with Crippen LogP contribution in [0, 0.1) is 0 Å². The molecule has 0 aromatic carbocycles. The highest BCUT2D eigenvalue weighted by molar-refractivity contribution is 14.1. The van der Waals surface area contributed by atoms with Gasteiger partial charge in [-0.15, -0.1) is 0 Å². The molecule has 9 heavy (non-hydrogen) atoms. The largest absolute Gasteiger partial charge is 0.513 e. The van der Waals surface area contributed by atoms with Crippen LogP contribution in [-0.2, 0) is 0 Å².